The number of H-pyrrole nitrogens is 1. The molecule has 0 radical (unpaired) electrons. The number of alkyl halides is 1. The number of nitrogens with one attached hydrogen (secondary N) is 2. The zero-order chi connectivity index (χ0) is 22.7. The van der Waals surface area contributed by atoms with Gasteiger partial charge < -0.3 is 25.0 Å². The second-order valence-electron chi connectivity index (χ2n) is 7.99. The van der Waals surface area contributed by atoms with E-state index in [1.807, 2.05) is 37.4 Å². The van der Waals surface area contributed by atoms with Gasteiger partial charge in [-0.25, -0.2) is 14.2 Å². The van der Waals surface area contributed by atoms with Gasteiger partial charge >= 0.3 is 5.97 Å². The highest BCUT2D eigenvalue weighted by Crippen LogP contribution is 2.39. The van der Waals surface area contributed by atoms with Gasteiger partial charge in [0.1, 0.15) is 18.1 Å². The van der Waals surface area contributed by atoms with Crippen molar-refractivity contribution in [3.05, 3.63) is 59.3 Å². The number of halogens is 1. The number of piperidine rings is 1. The Hall–Kier alpha value is -3.10. The molecule has 4 rings (SSSR count). The minimum atomic E-state index is -0.960. The molecule has 3 N–H and O–H groups in total. The Balaban J connectivity index is 1.67. The Bertz CT molecular complexity index is 1080. The topological polar surface area (TPSA) is 86.8 Å². The molecule has 0 amide bonds. The molecule has 170 valence electrons. The van der Waals surface area contributed by atoms with Crippen molar-refractivity contribution >= 4 is 22.6 Å². The normalized spacial score (nSPS) is 19.2. The van der Waals surface area contributed by atoms with Crippen LogP contribution in [0.2, 0.25) is 0 Å². The molecule has 8 heteroatoms. The summed E-state index contributed by atoms with van der Waals surface area (Å²) in [7, 11) is 1.65. The second-order valence-corrected chi connectivity index (χ2v) is 7.99. The molecule has 1 fully saturated rings. The zero-order valence-electron chi connectivity index (χ0n) is 18.2. The number of carboxylic acid groups (broad SMARTS) is 1. The summed E-state index contributed by atoms with van der Waals surface area (Å²) in [6.45, 7) is 2.28. The largest absolute Gasteiger partial charge is 0.495 e. The smallest absolute Gasteiger partial charge is 0.335 e. The van der Waals surface area contributed by atoms with Gasteiger partial charge in [-0.15, -0.1) is 0 Å². The van der Waals surface area contributed by atoms with Crippen LogP contribution in [0.25, 0.3) is 10.9 Å². The van der Waals surface area contributed by atoms with E-state index in [9.17, 15) is 14.3 Å². The van der Waals surface area contributed by atoms with Crippen molar-refractivity contribution in [2.45, 2.75) is 31.9 Å². The fraction of sp³-hybridized carbons (Fsp3) is 0.375. The molecule has 0 bridgehead atoms. The van der Waals surface area contributed by atoms with Crippen LogP contribution in [-0.2, 0) is 4.74 Å². The number of fused-ring (bicyclic) bond motifs is 1. The Morgan fingerprint density at radius 1 is 1.31 bits per heavy atom. The standard InChI is InChI=1S/C24H28FN3O4/c1-15-13-21(31-2)23(19-7-10-26-22(15)19)27-28-11-8-18(32-12-9-25)14-20(28)16-3-5-17(6-4-16)24(29)30/h3-7,10,13,18,20,26-27H,8-9,11-12,14H2,1-2H3,(H,29,30)/t18-,20+/m1/s1. The van der Waals surface area contributed by atoms with E-state index in [1.165, 1.54) is 0 Å². The van der Waals surface area contributed by atoms with E-state index in [2.05, 4.69) is 15.4 Å². The summed E-state index contributed by atoms with van der Waals surface area (Å²) in [5.74, 6) is -0.219. The number of hydrogen-bond acceptors (Lipinski definition) is 5. The van der Waals surface area contributed by atoms with Crippen LogP contribution in [0.1, 0.15) is 40.4 Å². The van der Waals surface area contributed by atoms with Crippen molar-refractivity contribution in [3.8, 4) is 5.75 Å². The number of hydrazine groups is 1. The summed E-state index contributed by atoms with van der Waals surface area (Å²) < 4.78 is 24.0. The molecule has 2 aromatic carbocycles. The first-order valence-electron chi connectivity index (χ1n) is 10.7. The number of methoxy groups -OCH3 is 1. The van der Waals surface area contributed by atoms with Crippen molar-refractivity contribution in [2.24, 2.45) is 0 Å². The number of carbonyl (C=O) groups is 1. The number of aromatic nitrogens is 1. The predicted molar refractivity (Wildman–Crippen MR) is 121 cm³/mol. The molecule has 0 saturated carbocycles. The van der Waals surface area contributed by atoms with Crippen LogP contribution in [0.3, 0.4) is 0 Å². The summed E-state index contributed by atoms with van der Waals surface area (Å²) in [5.41, 5.74) is 7.76. The second kappa shape index (κ2) is 9.58. The van der Waals surface area contributed by atoms with Crippen LogP contribution in [-0.4, -0.2) is 54.1 Å². The average Bonchev–Trinajstić information content (AvgIpc) is 3.30. The van der Waals surface area contributed by atoms with Gasteiger partial charge in [-0.05, 0) is 55.2 Å². The highest BCUT2D eigenvalue weighted by atomic mass is 19.1. The molecular weight excluding hydrogens is 413 g/mol. The van der Waals surface area contributed by atoms with Crippen molar-refractivity contribution in [2.75, 3.05) is 32.4 Å². The van der Waals surface area contributed by atoms with Gasteiger partial charge in [-0.3, -0.25) is 0 Å². The summed E-state index contributed by atoms with van der Waals surface area (Å²) in [4.78, 5) is 14.5. The fourth-order valence-corrected chi connectivity index (χ4v) is 4.39. The van der Waals surface area contributed by atoms with E-state index < -0.39 is 12.6 Å². The lowest BCUT2D eigenvalue weighted by Crippen LogP contribution is -2.43. The SMILES string of the molecule is COc1cc(C)c2[nH]ccc2c1NN1CC[C@@H](OCCF)C[C@H]1c1ccc(C(=O)O)cc1. The maximum absolute atomic E-state index is 12.7. The van der Waals surface area contributed by atoms with Crippen molar-refractivity contribution in [1.82, 2.24) is 9.99 Å². The quantitative estimate of drug-likeness (QED) is 0.470. The molecular formula is C24H28FN3O4. The van der Waals surface area contributed by atoms with Gasteiger partial charge in [0, 0.05) is 18.1 Å². The third-order valence-corrected chi connectivity index (χ3v) is 6.01. The number of anilines is 1. The number of rotatable bonds is 8. The monoisotopic (exact) mass is 441 g/mol. The van der Waals surface area contributed by atoms with Crippen LogP contribution < -0.4 is 10.2 Å². The van der Waals surface area contributed by atoms with E-state index in [4.69, 9.17) is 9.47 Å². The van der Waals surface area contributed by atoms with Gasteiger partial charge in [0.15, 0.2) is 0 Å². The molecule has 2 heterocycles. The number of carboxylic acids is 1. The highest BCUT2D eigenvalue weighted by molar-refractivity contribution is 5.97. The molecule has 2 atom stereocenters. The Morgan fingerprint density at radius 2 is 2.09 bits per heavy atom. The van der Waals surface area contributed by atoms with Crippen molar-refractivity contribution < 1.29 is 23.8 Å². The Morgan fingerprint density at radius 3 is 2.78 bits per heavy atom. The van der Waals surface area contributed by atoms with E-state index in [0.29, 0.717) is 13.0 Å². The fourth-order valence-electron chi connectivity index (χ4n) is 4.39. The first kappa shape index (κ1) is 22.1. The zero-order valence-corrected chi connectivity index (χ0v) is 18.2. The van der Waals surface area contributed by atoms with E-state index in [-0.39, 0.29) is 24.3 Å². The molecule has 0 spiro atoms. The number of aromatic carboxylic acids is 1. The highest BCUT2D eigenvalue weighted by Gasteiger charge is 2.31. The Kier molecular flexibility index (Phi) is 6.62. The maximum atomic E-state index is 12.7. The molecule has 0 unspecified atom stereocenters. The van der Waals surface area contributed by atoms with Crippen LogP contribution in [0.4, 0.5) is 10.1 Å². The van der Waals surface area contributed by atoms with Crippen LogP contribution in [0.15, 0.2) is 42.6 Å². The number of aromatic amines is 1. The summed E-state index contributed by atoms with van der Waals surface area (Å²) in [6, 6.07) is 10.8. The van der Waals surface area contributed by atoms with Crippen molar-refractivity contribution in [1.29, 1.82) is 0 Å². The third kappa shape index (κ3) is 4.42. The number of ether oxygens (including phenoxy) is 2. The summed E-state index contributed by atoms with van der Waals surface area (Å²) >= 11 is 0. The lowest BCUT2D eigenvalue weighted by atomic mass is 9.94. The molecule has 1 saturated heterocycles. The van der Waals surface area contributed by atoms with Crippen molar-refractivity contribution in [3.63, 3.8) is 0 Å². The minimum Gasteiger partial charge on any atom is -0.495 e. The lowest BCUT2D eigenvalue weighted by Gasteiger charge is -2.40. The summed E-state index contributed by atoms with van der Waals surface area (Å²) in [6.07, 6.45) is 3.24. The van der Waals surface area contributed by atoms with Gasteiger partial charge in [0.25, 0.3) is 0 Å². The molecule has 1 aliphatic heterocycles. The number of hydrogen-bond donors (Lipinski definition) is 3. The molecule has 0 aliphatic carbocycles. The Labute approximate surface area is 186 Å². The van der Waals surface area contributed by atoms with Crippen LogP contribution >= 0.6 is 0 Å². The van der Waals surface area contributed by atoms with Crippen LogP contribution in [0.5, 0.6) is 5.75 Å². The lowest BCUT2D eigenvalue weighted by molar-refractivity contribution is -0.0139. The molecule has 1 aliphatic rings. The predicted octanol–water partition coefficient (Wildman–Crippen LogP) is 4.70. The molecule has 3 aromatic rings. The molecule has 7 nitrogen and oxygen atoms in total. The minimum absolute atomic E-state index is 0.0693. The van der Waals surface area contributed by atoms with Gasteiger partial charge in [-0.2, -0.15) is 0 Å². The average molecular weight is 442 g/mol. The number of aryl methyl sites for hydroxylation is 1. The number of benzene rings is 2. The first-order valence-corrected chi connectivity index (χ1v) is 10.7. The molecule has 1 aromatic heterocycles. The first-order chi connectivity index (χ1) is 15.5. The molecule has 32 heavy (non-hydrogen) atoms. The van der Waals surface area contributed by atoms with Gasteiger partial charge in [0.2, 0.25) is 0 Å². The van der Waals surface area contributed by atoms with Gasteiger partial charge in [0.05, 0.1) is 36.9 Å². The van der Waals surface area contributed by atoms with E-state index in [0.717, 1.165) is 39.9 Å². The summed E-state index contributed by atoms with van der Waals surface area (Å²) in [5, 5.41) is 12.4. The van der Waals surface area contributed by atoms with Gasteiger partial charge in [-0.1, -0.05) is 12.1 Å². The van der Waals surface area contributed by atoms with E-state index in [1.54, 1.807) is 19.2 Å². The third-order valence-electron chi connectivity index (χ3n) is 6.01. The maximum Gasteiger partial charge on any atom is 0.335 e. The van der Waals surface area contributed by atoms with Crippen LogP contribution in [0, 0.1) is 6.92 Å². The van der Waals surface area contributed by atoms with E-state index >= 15 is 0 Å². The number of nitrogens with zero attached hydrogens (tertiary/aromatic N) is 1.